The Morgan fingerprint density at radius 2 is 1.69 bits per heavy atom. The largest absolute Gasteiger partial charge is 0.385 e. The number of carbonyl (C=O) groups excluding carboxylic acids is 3. The number of rotatable bonds is 8. The third-order valence-corrected chi connectivity index (χ3v) is 7.86. The zero-order valence-electron chi connectivity index (χ0n) is 20.4. The van der Waals surface area contributed by atoms with Gasteiger partial charge in [0.25, 0.3) is 0 Å². The third kappa shape index (κ3) is 4.64. The smallest absolute Gasteiger partial charge is 0.241 e. The summed E-state index contributed by atoms with van der Waals surface area (Å²) >= 11 is 0. The molecule has 184 valence electrons. The summed E-state index contributed by atoms with van der Waals surface area (Å²) in [6, 6.07) is 18.1. The van der Waals surface area contributed by atoms with Gasteiger partial charge in [-0.3, -0.25) is 19.3 Å². The first kappa shape index (κ1) is 23.7. The summed E-state index contributed by atoms with van der Waals surface area (Å²) in [5.74, 6) is -0.375. The number of benzene rings is 2. The van der Waals surface area contributed by atoms with E-state index in [0.717, 1.165) is 55.2 Å². The van der Waals surface area contributed by atoms with Crippen LogP contribution < -0.4 is 0 Å². The van der Waals surface area contributed by atoms with Gasteiger partial charge in [-0.15, -0.1) is 0 Å². The minimum atomic E-state index is -1.13. The Bertz CT molecular complexity index is 1080. The lowest BCUT2D eigenvalue weighted by atomic mass is 9.75. The molecule has 0 radical (unpaired) electrons. The van der Waals surface area contributed by atoms with Crippen LogP contribution in [0.4, 0.5) is 0 Å². The van der Waals surface area contributed by atoms with E-state index < -0.39 is 5.41 Å². The van der Waals surface area contributed by atoms with Crippen LogP contribution in [-0.4, -0.2) is 59.9 Å². The van der Waals surface area contributed by atoms with Gasteiger partial charge < -0.3 is 9.64 Å². The first-order chi connectivity index (χ1) is 17.0. The highest BCUT2D eigenvalue weighted by atomic mass is 16.5. The lowest BCUT2D eigenvalue weighted by molar-refractivity contribution is -0.144. The van der Waals surface area contributed by atoms with Crippen LogP contribution in [0.1, 0.15) is 56.9 Å². The van der Waals surface area contributed by atoms with Crippen LogP contribution in [0.25, 0.3) is 11.1 Å². The highest BCUT2D eigenvalue weighted by molar-refractivity contribution is 6.11. The van der Waals surface area contributed by atoms with Crippen LogP contribution in [0.15, 0.2) is 54.6 Å². The second-order valence-corrected chi connectivity index (χ2v) is 10.2. The van der Waals surface area contributed by atoms with Gasteiger partial charge in [0.1, 0.15) is 0 Å². The van der Waals surface area contributed by atoms with Gasteiger partial charge in [-0.2, -0.15) is 0 Å². The maximum absolute atomic E-state index is 13.9. The first-order valence-electron chi connectivity index (χ1n) is 12.8. The molecular formula is C29H34N2O4. The molecule has 0 N–H and O–H groups in total. The summed E-state index contributed by atoms with van der Waals surface area (Å²) in [6.45, 7) is 1.30. The number of nitrogens with zero attached hydrogens (tertiary/aromatic N) is 2. The van der Waals surface area contributed by atoms with E-state index in [0.29, 0.717) is 13.2 Å². The van der Waals surface area contributed by atoms with Crippen LogP contribution in [0.3, 0.4) is 0 Å². The summed E-state index contributed by atoms with van der Waals surface area (Å²) in [6.07, 6.45) is 5.63. The predicted molar refractivity (Wildman–Crippen MR) is 134 cm³/mol. The molecule has 2 saturated heterocycles. The van der Waals surface area contributed by atoms with Gasteiger partial charge in [0.15, 0.2) is 0 Å². The third-order valence-electron chi connectivity index (χ3n) is 7.86. The lowest BCUT2D eigenvalue weighted by Gasteiger charge is -2.38. The Balaban J connectivity index is 1.46. The minimum absolute atomic E-state index is 0.00000660. The molecule has 2 aromatic carbocycles. The highest BCUT2D eigenvalue weighted by Crippen LogP contribution is 2.45. The Morgan fingerprint density at radius 1 is 0.971 bits per heavy atom. The lowest BCUT2D eigenvalue weighted by Crippen LogP contribution is -2.48. The Morgan fingerprint density at radius 3 is 2.37 bits per heavy atom. The van der Waals surface area contributed by atoms with Crippen molar-refractivity contribution < 1.29 is 19.1 Å². The van der Waals surface area contributed by atoms with Crippen LogP contribution in [-0.2, 0) is 24.5 Å². The maximum Gasteiger partial charge on any atom is 0.241 e. The van der Waals surface area contributed by atoms with E-state index in [4.69, 9.17) is 4.74 Å². The number of amides is 3. The average molecular weight is 475 g/mol. The van der Waals surface area contributed by atoms with E-state index >= 15 is 0 Å². The molecule has 2 aromatic rings. The zero-order chi connectivity index (χ0) is 24.4. The Hall–Kier alpha value is -2.99. The van der Waals surface area contributed by atoms with Crippen LogP contribution in [0, 0.1) is 0 Å². The van der Waals surface area contributed by atoms with Gasteiger partial charge in [-0.1, -0.05) is 54.6 Å². The normalized spacial score (nSPS) is 24.8. The molecule has 2 aliphatic heterocycles. The van der Waals surface area contributed by atoms with E-state index in [9.17, 15) is 14.4 Å². The fraction of sp³-hybridized carbons (Fsp3) is 0.483. The van der Waals surface area contributed by atoms with Crippen molar-refractivity contribution in [1.82, 2.24) is 9.80 Å². The van der Waals surface area contributed by atoms with Gasteiger partial charge in [0.05, 0.1) is 5.41 Å². The van der Waals surface area contributed by atoms with Gasteiger partial charge in [0.2, 0.25) is 17.7 Å². The molecular weight excluding hydrogens is 440 g/mol. The quantitative estimate of drug-likeness (QED) is 0.535. The van der Waals surface area contributed by atoms with Crippen molar-refractivity contribution in [2.24, 2.45) is 0 Å². The van der Waals surface area contributed by atoms with Crippen molar-refractivity contribution in [3.8, 4) is 11.1 Å². The molecule has 2 atom stereocenters. The molecule has 35 heavy (non-hydrogen) atoms. The van der Waals surface area contributed by atoms with Crippen molar-refractivity contribution in [1.29, 1.82) is 0 Å². The number of methoxy groups -OCH3 is 1. The number of piperidine rings is 1. The van der Waals surface area contributed by atoms with Crippen molar-refractivity contribution in [2.45, 2.75) is 68.9 Å². The van der Waals surface area contributed by atoms with Crippen LogP contribution in [0.2, 0.25) is 0 Å². The molecule has 3 fully saturated rings. The van der Waals surface area contributed by atoms with E-state index in [1.807, 2.05) is 59.5 Å². The maximum atomic E-state index is 13.9. The summed E-state index contributed by atoms with van der Waals surface area (Å²) < 4.78 is 5.28. The second-order valence-electron chi connectivity index (χ2n) is 10.2. The number of ether oxygens (including phenoxy) is 1. The number of hydrogen-bond acceptors (Lipinski definition) is 4. The molecule has 1 saturated carbocycles. The van der Waals surface area contributed by atoms with Crippen molar-refractivity contribution in [3.05, 3.63) is 60.2 Å². The van der Waals surface area contributed by atoms with Gasteiger partial charge in [-0.25, -0.2) is 0 Å². The summed E-state index contributed by atoms with van der Waals surface area (Å²) in [5, 5.41) is 0. The molecule has 3 aliphatic rings. The summed E-state index contributed by atoms with van der Waals surface area (Å²) in [5.41, 5.74) is 1.77. The molecule has 1 aliphatic carbocycles. The Kier molecular flexibility index (Phi) is 6.74. The Labute approximate surface area is 207 Å². The van der Waals surface area contributed by atoms with Crippen LogP contribution in [0.5, 0.6) is 0 Å². The molecule has 0 bridgehead atoms. The van der Waals surface area contributed by atoms with E-state index in [1.165, 1.54) is 4.90 Å². The molecule has 0 aromatic heterocycles. The minimum Gasteiger partial charge on any atom is -0.385 e. The highest BCUT2D eigenvalue weighted by Gasteiger charge is 2.57. The SMILES string of the molecule is COCCC1CCCCN1C(=O)CC1(c2ccc(-c3ccccc3)cc2)CC(=O)N(C2CC2)C1=O. The zero-order valence-corrected chi connectivity index (χ0v) is 20.4. The standard InChI is InChI=1S/C29H34N2O4/c1-35-18-16-24-9-5-6-17-30(24)26(32)19-29(20-27(33)31(28(29)34)25-14-15-25)23-12-10-22(11-13-23)21-7-3-2-4-8-21/h2-4,7-8,10-13,24-25H,5-6,9,14-20H2,1H3. The fourth-order valence-corrected chi connectivity index (χ4v) is 5.79. The number of hydrogen-bond donors (Lipinski definition) is 0. The molecule has 2 unspecified atom stereocenters. The number of likely N-dealkylation sites (tertiary alicyclic amines) is 2. The van der Waals surface area contributed by atoms with Gasteiger partial charge in [0, 0.05) is 45.2 Å². The van der Waals surface area contributed by atoms with Crippen molar-refractivity contribution in [3.63, 3.8) is 0 Å². The van der Waals surface area contributed by atoms with E-state index in [1.54, 1.807) is 7.11 Å². The molecule has 6 nitrogen and oxygen atoms in total. The molecule has 6 heteroatoms. The summed E-state index contributed by atoms with van der Waals surface area (Å²) in [7, 11) is 1.68. The predicted octanol–water partition coefficient (Wildman–Crippen LogP) is 4.32. The number of carbonyl (C=O) groups is 3. The average Bonchev–Trinajstić information content (AvgIpc) is 3.69. The number of imide groups is 1. The van der Waals surface area contributed by atoms with Crippen molar-refractivity contribution in [2.75, 3.05) is 20.3 Å². The molecule has 2 heterocycles. The molecule has 5 rings (SSSR count). The van der Waals surface area contributed by atoms with Gasteiger partial charge >= 0.3 is 0 Å². The van der Waals surface area contributed by atoms with Crippen molar-refractivity contribution >= 4 is 17.7 Å². The monoisotopic (exact) mass is 474 g/mol. The van der Waals surface area contributed by atoms with Gasteiger partial charge in [-0.05, 0) is 55.2 Å². The van der Waals surface area contributed by atoms with E-state index in [-0.39, 0.29) is 42.6 Å². The molecule has 3 amide bonds. The second kappa shape index (κ2) is 9.94. The van der Waals surface area contributed by atoms with E-state index in [2.05, 4.69) is 0 Å². The van der Waals surface area contributed by atoms with Crippen LogP contribution >= 0.6 is 0 Å². The molecule has 0 spiro atoms. The first-order valence-corrected chi connectivity index (χ1v) is 12.8. The summed E-state index contributed by atoms with van der Waals surface area (Å²) in [4.78, 5) is 44.1. The topological polar surface area (TPSA) is 66.9 Å². The fourth-order valence-electron chi connectivity index (χ4n) is 5.79.